The average Bonchev–Trinajstić information content (AvgIpc) is 3.14. The summed E-state index contributed by atoms with van der Waals surface area (Å²) in [4.78, 5) is 0. The first kappa shape index (κ1) is 11.9. The maximum absolute atomic E-state index is 13.1. The highest BCUT2D eigenvalue weighted by atomic mass is 19.1. The van der Waals surface area contributed by atoms with Gasteiger partial charge in [-0.05, 0) is 36.5 Å². The van der Waals surface area contributed by atoms with Gasteiger partial charge in [0.25, 0.3) is 0 Å². The summed E-state index contributed by atoms with van der Waals surface area (Å²) in [5, 5.41) is 11.5. The molecule has 0 radical (unpaired) electrons. The highest BCUT2D eigenvalue weighted by Gasteiger charge is 2.21. The van der Waals surface area contributed by atoms with Crippen molar-refractivity contribution >= 4 is 5.84 Å². The summed E-state index contributed by atoms with van der Waals surface area (Å²) in [5.74, 6) is 0.148. The third-order valence-electron chi connectivity index (χ3n) is 2.76. The number of benzene rings is 1. The molecule has 3 N–H and O–H groups in total. The molecule has 0 spiro atoms. The fourth-order valence-corrected chi connectivity index (χ4v) is 1.59. The molecule has 1 saturated carbocycles. The van der Waals surface area contributed by atoms with E-state index in [0.29, 0.717) is 24.7 Å². The van der Waals surface area contributed by atoms with E-state index in [4.69, 9.17) is 15.7 Å². The molecule has 0 amide bonds. The first-order valence-corrected chi connectivity index (χ1v) is 5.54. The van der Waals surface area contributed by atoms with Crippen molar-refractivity contribution < 1.29 is 14.3 Å². The van der Waals surface area contributed by atoms with E-state index in [1.807, 2.05) is 0 Å². The lowest BCUT2D eigenvalue weighted by atomic mass is 10.1. The molecule has 0 atom stereocenters. The fraction of sp³-hybridized carbons (Fsp3) is 0.417. The molecule has 92 valence electrons. The molecular weight excluding hydrogens is 223 g/mol. The molecule has 0 heterocycles. The number of oxime groups is 1. The average molecular weight is 238 g/mol. The number of nitrogens with two attached hydrogens (primary N) is 1. The van der Waals surface area contributed by atoms with E-state index in [1.165, 1.54) is 25.0 Å². The van der Waals surface area contributed by atoms with E-state index in [1.54, 1.807) is 6.07 Å². The third-order valence-corrected chi connectivity index (χ3v) is 2.76. The van der Waals surface area contributed by atoms with Crippen LogP contribution in [0.15, 0.2) is 23.4 Å². The lowest BCUT2D eigenvalue weighted by Crippen LogP contribution is -2.16. The number of halogens is 1. The molecule has 0 saturated heterocycles. The summed E-state index contributed by atoms with van der Waals surface area (Å²) in [7, 11) is 0. The summed E-state index contributed by atoms with van der Waals surface area (Å²) in [6.45, 7) is 1.06. The maximum atomic E-state index is 13.1. The number of amidine groups is 1. The van der Waals surface area contributed by atoms with Crippen molar-refractivity contribution in [2.75, 3.05) is 6.61 Å². The SMILES string of the molecule is NC(=NO)c1cc(F)ccc1COCC1CC1. The molecule has 5 heteroatoms. The Morgan fingerprint density at radius 1 is 1.53 bits per heavy atom. The van der Waals surface area contributed by atoms with Crippen molar-refractivity contribution in [3.05, 3.63) is 35.1 Å². The predicted octanol–water partition coefficient (Wildman–Crippen LogP) is 1.85. The molecule has 0 aliphatic heterocycles. The minimum absolute atomic E-state index is 0.102. The van der Waals surface area contributed by atoms with Crippen molar-refractivity contribution in [2.45, 2.75) is 19.4 Å². The number of hydrogen-bond acceptors (Lipinski definition) is 3. The van der Waals surface area contributed by atoms with Crippen LogP contribution in [0.3, 0.4) is 0 Å². The van der Waals surface area contributed by atoms with Gasteiger partial charge in [0.05, 0.1) is 6.61 Å². The van der Waals surface area contributed by atoms with E-state index in [-0.39, 0.29) is 5.84 Å². The Morgan fingerprint density at radius 3 is 2.94 bits per heavy atom. The minimum atomic E-state index is -0.419. The largest absolute Gasteiger partial charge is 0.409 e. The van der Waals surface area contributed by atoms with Gasteiger partial charge in [-0.1, -0.05) is 11.2 Å². The summed E-state index contributed by atoms with van der Waals surface area (Å²) >= 11 is 0. The topological polar surface area (TPSA) is 67.8 Å². The molecule has 0 aromatic heterocycles. The Bertz CT molecular complexity index is 431. The van der Waals surface area contributed by atoms with Gasteiger partial charge >= 0.3 is 0 Å². The molecule has 0 bridgehead atoms. The van der Waals surface area contributed by atoms with Crippen molar-refractivity contribution in [3.8, 4) is 0 Å². The number of rotatable bonds is 5. The second-order valence-electron chi connectivity index (χ2n) is 4.25. The van der Waals surface area contributed by atoms with Gasteiger partial charge in [0, 0.05) is 12.2 Å². The van der Waals surface area contributed by atoms with E-state index in [0.717, 1.165) is 5.56 Å². The van der Waals surface area contributed by atoms with Crippen molar-refractivity contribution in [1.82, 2.24) is 0 Å². The van der Waals surface area contributed by atoms with Crippen LogP contribution in [0.1, 0.15) is 24.0 Å². The van der Waals surface area contributed by atoms with Crippen molar-refractivity contribution in [2.24, 2.45) is 16.8 Å². The first-order chi connectivity index (χ1) is 8.20. The molecule has 17 heavy (non-hydrogen) atoms. The van der Waals surface area contributed by atoms with Crippen molar-refractivity contribution in [1.29, 1.82) is 0 Å². The summed E-state index contributed by atoms with van der Waals surface area (Å²) < 4.78 is 18.6. The van der Waals surface area contributed by atoms with Gasteiger partial charge in [-0.25, -0.2) is 4.39 Å². The van der Waals surface area contributed by atoms with Crippen LogP contribution in [-0.2, 0) is 11.3 Å². The van der Waals surface area contributed by atoms with Crippen LogP contribution >= 0.6 is 0 Å². The molecule has 1 aliphatic carbocycles. The smallest absolute Gasteiger partial charge is 0.170 e. The molecule has 1 aromatic rings. The van der Waals surface area contributed by atoms with Crippen LogP contribution < -0.4 is 5.73 Å². The zero-order valence-electron chi connectivity index (χ0n) is 9.40. The lowest BCUT2D eigenvalue weighted by molar-refractivity contribution is 0.111. The van der Waals surface area contributed by atoms with E-state index < -0.39 is 5.82 Å². The molecule has 2 rings (SSSR count). The Hall–Kier alpha value is -1.62. The third kappa shape index (κ3) is 3.17. The number of ether oxygens (including phenoxy) is 1. The Kier molecular flexibility index (Phi) is 3.58. The van der Waals surface area contributed by atoms with Crippen LogP contribution in [0.2, 0.25) is 0 Å². The zero-order valence-corrected chi connectivity index (χ0v) is 9.40. The molecule has 1 aliphatic rings. The van der Waals surface area contributed by atoms with Crippen molar-refractivity contribution in [3.63, 3.8) is 0 Å². The predicted molar refractivity (Wildman–Crippen MR) is 61.3 cm³/mol. The van der Waals surface area contributed by atoms with Gasteiger partial charge in [-0.2, -0.15) is 0 Å². The highest BCUT2D eigenvalue weighted by molar-refractivity contribution is 5.98. The van der Waals surface area contributed by atoms with Gasteiger partial charge in [-0.3, -0.25) is 0 Å². The monoisotopic (exact) mass is 238 g/mol. The second-order valence-corrected chi connectivity index (χ2v) is 4.25. The first-order valence-electron chi connectivity index (χ1n) is 5.54. The van der Waals surface area contributed by atoms with Crippen LogP contribution in [0.4, 0.5) is 4.39 Å². The summed E-state index contributed by atoms with van der Waals surface area (Å²) in [5.41, 5.74) is 6.59. The van der Waals surface area contributed by atoms with Gasteiger partial charge in [0.1, 0.15) is 5.82 Å². The molecule has 1 aromatic carbocycles. The minimum Gasteiger partial charge on any atom is -0.409 e. The van der Waals surface area contributed by atoms with Gasteiger partial charge < -0.3 is 15.7 Å². The van der Waals surface area contributed by atoms with Gasteiger partial charge in [-0.15, -0.1) is 0 Å². The summed E-state index contributed by atoms with van der Waals surface area (Å²) in [6.07, 6.45) is 2.44. The lowest BCUT2D eigenvalue weighted by Gasteiger charge is -2.09. The van der Waals surface area contributed by atoms with E-state index in [2.05, 4.69) is 5.16 Å². The van der Waals surface area contributed by atoms with E-state index >= 15 is 0 Å². The fourth-order valence-electron chi connectivity index (χ4n) is 1.59. The molecule has 4 nitrogen and oxygen atoms in total. The maximum Gasteiger partial charge on any atom is 0.170 e. The van der Waals surface area contributed by atoms with Gasteiger partial charge in [0.2, 0.25) is 0 Å². The second kappa shape index (κ2) is 5.14. The van der Waals surface area contributed by atoms with Crippen LogP contribution in [0.25, 0.3) is 0 Å². The number of hydrogen-bond donors (Lipinski definition) is 2. The normalized spacial score (nSPS) is 16.2. The Morgan fingerprint density at radius 2 is 2.29 bits per heavy atom. The Balaban J connectivity index is 2.07. The van der Waals surface area contributed by atoms with Gasteiger partial charge in [0.15, 0.2) is 5.84 Å². The standard InChI is InChI=1S/C12H15FN2O2/c13-10-4-3-9(7-17-6-8-1-2-8)11(5-10)12(14)15-16/h3-5,8,16H,1-2,6-7H2,(H2,14,15). The van der Waals surface area contributed by atoms with Crippen LogP contribution in [-0.4, -0.2) is 17.6 Å². The van der Waals surface area contributed by atoms with Crippen LogP contribution in [0.5, 0.6) is 0 Å². The Labute approximate surface area is 98.9 Å². The molecule has 0 unspecified atom stereocenters. The van der Waals surface area contributed by atoms with E-state index in [9.17, 15) is 4.39 Å². The zero-order chi connectivity index (χ0) is 12.3. The summed E-state index contributed by atoms with van der Waals surface area (Å²) in [6, 6.07) is 4.17. The molecular formula is C12H15FN2O2. The van der Waals surface area contributed by atoms with Crippen LogP contribution in [0, 0.1) is 11.7 Å². The quantitative estimate of drug-likeness (QED) is 0.356. The highest BCUT2D eigenvalue weighted by Crippen LogP contribution is 2.29. The molecule has 1 fully saturated rings. The number of nitrogens with zero attached hydrogens (tertiary/aromatic N) is 1.